The number of carbonyl (C=O) groups excluding carboxylic acids is 1. The highest BCUT2D eigenvalue weighted by Crippen LogP contribution is 2.48. The number of hydrogen-bond acceptors (Lipinski definition) is 5. The van der Waals surface area contributed by atoms with E-state index in [0.29, 0.717) is 0 Å². The molecule has 1 aromatic rings. The SMILES string of the molecule is C=CCN(CP(=O)(OCC)OCC)C(=O)c1ccco1. The molecule has 20 heavy (non-hydrogen) atoms. The van der Waals surface area contributed by atoms with Crippen molar-refractivity contribution in [2.24, 2.45) is 0 Å². The maximum absolute atomic E-state index is 12.5. The number of furan rings is 1. The van der Waals surface area contributed by atoms with E-state index in [1.807, 2.05) is 0 Å². The topological polar surface area (TPSA) is 69.0 Å². The van der Waals surface area contributed by atoms with E-state index in [1.54, 1.807) is 32.1 Å². The molecule has 0 fully saturated rings. The summed E-state index contributed by atoms with van der Waals surface area (Å²) in [5, 5.41) is 0. The van der Waals surface area contributed by atoms with Crippen molar-refractivity contribution in [3.8, 4) is 0 Å². The Labute approximate surface area is 118 Å². The van der Waals surface area contributed by atoms with Gasteiger partial charge in [-0.2, -0.15) is 0 Å². The van der Waals surface area contributed by atoms with E-state index < -0.39 is 7.60 Å². The van der Waals surface area contributed by atoms with Crippen molar-refractivity contribution < 1.29 is 22.8 Å². The van der Waals surface area contributed by atoms with Gasteiger partial charge in [0.2, 0.25) is 0 Å². The number of rotatable bonds is 9. The summed E-state index contributed by atoms with van der Waals surface area (Å²) in [4.78, 5) is 13.6. The molecule has 0 bridgehead atoms. The van der Waals surface area contributed by atoms with Gasteiger partial charge in [0.15, 0.2) is 5.76 Å². The van der Waals surface area contributed by atoms with Crippen LogP contribution in [-0.2, 0) is 13.6 Å². The number of nitrogens with zero attached hydrogens (tertiary/aromatic N) is 1. The van der Waals surface area contributed by atoms with Crippen LogP contribution in [0.5, 0.6) is 0 Å². The quantitative estimate of drug-likeness (QED) is 0.517. The van der Waals surface area contributed by atoms with E-state index in [0.717, 1.165) is 0 Å². The van der Waals surface area contributed by atoms with Gasteiger partial charge in [0.1, 0.15) is 6.29 Å². The van der Waals surface area contributed by atoms with Gasteiger partial charge >= 0.3 is 7.60 Å². The van der Waals surface area contributed by atoms with Crippen LogP contribution in [0.3, 0.4) is 0 Å². The fraction of sp³-hybridized carbons (Fsp3) is 0.462. The molecule has 1 aromatic heterocycles. The van der Waals surface area contributed by atoms with Gasteiger partial charge in [0.05, 0.1) is 19.5 Å². The molecule has 0 saturated carbocycles. The molecule has 1 rings (SSSR count). The Morgan fingerprint density at radius 2 is 2.10 bits per heavy atom. The van der Waals surface area contributed by atoms with Crippen LogP contribution < -0.4 is 0 Å². The van der Waals surface area contributed by atoms with Gasteiger partial charge in [0, 0.05) is 6.54 Å². The highest BCUT2D eigenvalue weighted by molar-refractivity contribution is 7.53. The Kier molecular flexibility index (Phi) is 6.71. The first-order chi connectivity index (χ1) is 9.56. The van der Waals surface area contributed by atoms with E-state index in [-0.39, 0.29) is 37.7 Å². The minimum Gasteiger partial charge on any atom is -0.459 e. The van der Waals surface area contributed by atoms with Crippen LogP contribution in [0.4, 0.5) is 0 Å². The molecular weight excluding hydrogens is 281 g/mol. The molecule has 0 saturated heterocycles. The summed E-state index contributed by atoms with van der Waals surface area (Å²) in [5.41, 5.74) is 0. The van der Waals surface area contributed by atoms with Crippen molar-refractivity contribution >= 4 is 13.5 Å². The lowest BCUT2D eigenvalue weighted by molar-refractivity contribution is 0.0749. The molecule has 0 aliphatic heterocycles. The maximum atomic E-state index is 12.5. The van der Waals surface area contributed by atoms with Gasteiger partial charge in [-0.05, 0) is 26.0 Å². The molecule has 1 amide bonds. The second-order valence-corrected chi connectivity index (χ2v) is 5.90. The molecule has 0 aliphatic carbocycles. The first kappa shape index (κ1) is 16.7. The predicted molar refractivity (Wildman–Crippen MR) is 75.7 cm³/mol. The summed E-state index contributed by atoms with van der Waals surface area (Å²) in [6, 6.07) is 3.16. The molecule has 112 valence electrons. The summed E-state index contributed by atoms with van der Waals surface area (Å²) in [6.45, 7) is 7.74. The molecule has 0 aromatic carbocycles. The summed E-state index contributed by atoms with van der Waals surface area (Å²) in [6.07, 6.45) is 2.81. The van der Waals surface area contributed by atoms with Crippen molar-refractivity contribution in [1.29, 1.82) is 0 Å². The molecule has 0 atom stereocenters. The second kappa shape index (κ2) is 8.04. The van der Waals surface area contributed by atoms with E-state index in [9.17, 15) is 9.36 Å². The largest absolute Gasteiger partial charge is 0.459 e. The molecule has 0 aliphatic rings. The lowest BCUT2D eigenvalue weighted by Gasteiger charge is -2.25. The van der Waals surface area contributed by atoms with Gasteiger partial charge in [0.25, 0.3) is 5.91 Å². The monoisotopic (exact) mass is 301 g/mol. The molecule has 0 radical (unpaired) electrons. The fourth-order valence-electron chi connectivity index (χ4n) is 1.64. The smallest absolute Gasteiger partial charge is 0.349 e. The zero-order chi connectivity index (χ0) is 15.0. The summed E-state index contributed by atoms with van der Waals surface area (Å²) >= 11 is 0. The Morgan fingerprint density at radius 3 is 2.55 bits per heavy atom. The van der Waals surface area contributed by atoms with E-state index in [2.05, 4.69) is 6.58 Å². The first-order valence-electron chi connectivity index (χ1n) is 6.38. The molecular formula is C13H20NO5P. The van der Waals surface area contributed by atoms with Crippen molar-refractivity contribution in [2.45, 2.75) is 13.8 Å². The first-order valence-corrected chi connectivity index (χ1v) is 8.11. The van der Waals surface area contributed by atoms with E-state index in [4.69, 9.17) is 13.5 Å². The fourth-order valence-corrected chi connectivity index (χ4v) is 3.32. The zero-order valence-electron chi connectivity index (χ0n) is 11.8. The molecule has 0 spiro atoms. The van der Waals surface area contributed by atoms with Gasteiger partial charge < -0.3 is 18.4 Å². The third-order valence-electron chi connectivity index (χ3n) is 2.36. The normalized spacial score (nSPS) is 11.3. The Hall–Kier alpha value is -1.36. The van der Waals surface area contributed by atoms with Crippen LogP contribution in [0.15, 0.2) is 35.5 Å². The predicted octanol–water partition coefficient (Wildman–Crippen LogP) is 3.13. The van der Waals surface area contributed by atoms with Crippen LogP contribution in [-0.4, -0.2) is 36.9 Å². The summed E-state index contributed by atoms with van der Waals surface area (Å²) in [7, 11) is -3.35. The molecule has 1 heterocycles. The average molecular weight is 301 g/mol. The van der Waals surface area contributed by atoms with Gasteiger partial charge in [-0.3, -0.25) is 9.36 Å². The van der Waals surface area contributed by atoms with E-state index in [1.165, 1.54) is 11.2 Å². The van der Waals surface area contributed by atoms with Crippen molar-refractivity contribution in [3.05, 3.63) is 36.8 Å². The number of hydrogen-bond donors (Lipinski definition) is 0. The summed E-state index contributed by atoms with van der Waals surface area (Å²) < 4.78 is 27.9. The molecule has 7 heteroatoms. The highest BCUT2D eigenvalue weighted by atomic mass is 31.2. The van der Waals surface area contributed by atoms with E-state index >= 15 is 0 Å². The standard InChI is InChI=1S/C13H20NO5P/c1-4-9-14(13(15)12-8-7-10-17-12)11-20(16,18-5-2)19-6-3/h4,7-8,10H,1,5-6,9,11H2,2-3H3. The van der Waals surface area contributed by atoms with Crippen LogP contribution in [0.2, 0.25) is 0 Å². The third-order valence-corrected chi connectivity index (χ3v) is 4.36. The minimum absolute atomic E-state index is 0.139. The zero-order valence-corrected chi connectivity index (χ0v) is 12.7. The summed E-state index contributed by atoms with van der Waals surface area (Å²) in [5.74, 6) is -0.207. The minimum atomic E-state index is -3.35. The maximum Gasteiger partial charge on any atom is 0.349 e. The third kappa shape index (κ3) is 4.63. The highest BCUT2D eigenvalue weighted by Gasteiger charge is 2.30. The van der Waals surface area contributed by atoms with Gasteiger partial charge in [-0.25, -0.2) is 0 Å². The molecule has 0 N–H and O–H groups in total. The van der Waals surface area contributed by atoms with Crippen LogP contribution in [0.1, 0.15) is 24.4 Å². The average Bonchev–Trinajstić information content (AvgIpc) is 2.91. The Bertz CT molecular complexity index is 461. The molecule has 6 nitrogen and oxygen atoms in total. The Balaban J connectivity index is 2.87. The van der Waals surface area contributed by atoms with Crippen LogP contribution >= 0.6 is 7.60 Å². The van der Waals surface area contributed by atoms with Gasteiger partial charge in [-0.1, -0.05) is 6.08 Å². The molecule has 0 unspecified atom stereocenters. The number of carbonyl (C=O) groups is 1. The lowest BCUT2D eigenvalue weighted by atomic mass is 10.4. The van der Waals surface area contributed by atoms with Crippen LogP contribution in [0.25, 0.3) is 0 Å². The lowest BCUT2D eigenvalue weighted by Crippen LogP contribution is -2.32. The second-order valence-electron chi connectivity index (χ2n) is 3.88. The van der Waals surface area contributed by atoms with Gasteiger partial charge in [-0.15, -0.1) is 6.58 Å². The van der Waals surface area contributed by atoms with Crippen LogP contribution in [0, 0.1) is 0 Å². The van der Waals surface area contributed by atoms with Crippen molar-refractivity contribution in [2.75, 3.05) is 26.0 Å². The number of amides is 1. The van der Waals surface area contributed by atoms with Crippen molar-refractivity contribution in [1.82, 2.24) is 4.90 Å². The van der Waals surface area contributed by atoms with Crippen molar-refractivity contribution in [3.63, 3.8) is 0 Å². The Morgan fingerprint density at radius 1 is 1.45 bits per heavy atom.